The third-order valence-corrected chi connectivity index (χ3v) is 24.2. The molecule has 0 radical (unpaired) electrons. The lowest BCUT2D eigenvalue weighted by Crippen LogP contribution is -2.16. The van der Waals surface area contributed by atoms with Gasteiger partial charge in [-0.3, -0.25) is 0 Å². The second-order valence-corrected chi connectivity index (χ2v) is 33.9. The minimum Gasteiger partial charge on any atom is -0.490 e. The van der Waals surface area contributed by atoms with Gasteiger partial charge in [0.05, 0.1) is 37.6 Å². The summed E-state index contributed by atoms with van der Waals surface area (Å²) in [7, 11) is 0. The predicted octanol–water partition coefficient (Wildman–Crippen LogP) is 25.2. The lowest BCUT2D eigenvalue weighted by atomic mass is 9.75. The molecule has 0 heterocycles. The van der Waals surface area contributed by atoms with Gasteiger partial charge in [0.2, 0.25) is 0 Å². The first-order valence-corrected chi connectivity index (χ1v) is 39.3. The molecular weight excluding hydrogens is 1270 g/mol. The van der Waals surface area contributed by atoms with Crippen molar-refractivity contribution in [3.05, 3.63) is 214 Å². The van der Waals surface area contributed by atoms with Crippen molar-refractivity contribution in [3.8, 4) is 67.5 Å². The van der Waals surface area contributed by atoms with Crippen LogP contribution in [0.2, 0.25) is 0 Å². The van der Waals surface area contributed by atoms with Crippen LogP contribution in [-0.2, 0) is 25.0 Å². The fraction of sp³-hybridized carbons (Fsp3) is 0.478. The van der Waals surface area contributed by atoms with Gasteiger partial charge in [0.25, 0.3) is 0 Å². The van der Waals surface area contributed by atoms with Gasteiger partial charge in [0.15, 0.2) is 0 Å². The van der Waals surface area contributed by atoms with E-state index in [1.54, 1.807) is 0 Å². The van der Waals surface area contributed by atoms with E-state index < -0.39 is 0 Å². The molecule has 0 unspecified atom stereocenters. The quantitative estimate of drug-likeness (QED) is 0.0741. The first-order valence-electron chi connectivity index (χ1n) is 38.2. The summed E-state index contributed by atoms with van der Waals surface area (Å²) in [4.78, 5) is 0. The zero-order valence-electron chi connectivity index (χ0n) is 61.0. The van der Waals surface area contributed by atoms with Gasteiger partial charge in [0.1, 0.15) is 23.0 Å². The summed E-state index contributed by atoms with van der Waals surface area (Å²) < 4.78 is 24.0. The van der Waals surface area contributed by atoms with E-state index in [-0.39, 0.29) is 13.2 Å². The number of aliphatic hydroxyl groups excluding tert-OH is 2. The number of rotatable bonds is 20. The molecule has 0 amide bonds. The summed E-state index contributed by atoms with van der Waals surface area (Å²) in [6, 6.07) is 60.7. The molecule has 8 fully saturated rings. The lowest BCUT2D eigenvalue weighted by molar-refractivity contribution is 0.281. The molecule has 8 aliphatic carbocycles. The van der Waals surface area contributed by atoms with Crippen molar-refractivity contribution in [2.75, 3.05) is 0 Å². The maximum atomic E-state index is 9.63. The monoisotopic (exact) mass is 1380 g/mol. The van der Waals surface area contributed by atoms with Gasteiger partial charge in [-0.1, -0.05) is 202 Å². The van der Waals surface area contributed by atoms with E-state index in [9.17, 15) is 10.2 Å². The molecule has 8 aromatic rings. The standard InChI is InChI=1S/2C23H27ClO.2C23H28O2/c4*1-23(2)12-4-7-22(23)21-13-16(15-24)8-11-20(21)17-5-3-6-19(14-17)25-18-9-10-18/h2*3,5-6,8,11,13-14,18,22H,4,7,9-10,12,15H2,1-2H3;2*3,5-6,8,11,13-14,18,22,24H,4,7,9-10,12,15H2,1-2H3/t4*22-/m1010/s1. The molecule has 8 saturated carbocycles. The third-order valence-electron chi connectivity index (χ3n) is 23.6. The van der Waals surface area contributed by atoms with Crippen LogP contribution >= 0.6 is 23.2 Å². The van der Waals surface area contributed by atoms with Crippen LogP contribution in [0, 0.1) is 21.7 Å². The number of ether oxygens (including phenoxy) is 4. The molecule has 4 atom stereocenters. The highest BCUT2D eigenvalue weighted by Gasteiger charge is 2.41. The Morgan fingerprint density at radius 1 is 0.300 bits per heavy atom. The molecule has 8 heteroatoms. The number of benzene rings is 8. The normalized spacial score (nSPS) is 22.1. The van der Waals surface area contributed by atoms with Crippen molar-refractivity contribution >= 4 is 23.2 Å². The Hall–Kier alpha value is -6.54. The topological polar surface area (TPSA) is 77.4 Å². The average molecular weight is 1380 g/mol. The van der Waals surface area contributed by atoms with Gasteiger partial charge in [-0.2, -0.15) is 0 Å². The second kappa shape index (κ2) is 31.2. The van der Waals surface area contributed by atoms with Crippen LogP contribution in [0.3, 0.4) is 0 Å². The summed E-state index contributed by atoms with van der Waals surface area (Å²) in [6.45, 7) is 19.4. The number of hydrogen-bond donors (Lipinski definition) is 2. The predicted molar refractivity (Wildman–Crippen MR) is 415 cm³/mol. The molecule has 0 saturated heterocycles. The maximum absolute atomic E-state index is 9.63. The molecule has 0 aromatic heterocycles. The van der Waals surface area contributed by atoms with Crippen LogP contribution in [-0.4, -0.2) is 34.6 Å². The molecular formula is C92H110Cl2O6. The fourth-order valence-corrected chi connectivity index (χ4v) is 17.4. The summed E-state index contributed by atoms with van der Waals surface area (Å²) >= 11 is 12.3. The van der Waals surface area contributed by atoms with E-state index in [1.165, 1.54) is 206 Å². The van der Waals surface area contributed by atoms with Gasteiger partial charge in [-0.15, -0.1) is 23.2 Å². The van der Waals surface area contributed by atoms with Crippen molar-refractivity contribution in [2.24, 2.45) is 21.7 Å². The first kappa shape index (κ1) is 71.8. The highest BCUT2D eigenvalue weighted by molar-refractivity contribution is 6.17. The molecule has 16 rings (SSSR count). The van der Waals surface area contributed by atoms with Crippen LogP contribution in [0.1, 0.15) is 252 Å². The van der Waals surface area contributed by atoms with Crippen LogP contribution in [0.25, 0.3) is 44.5 Å². The molecule has 100 heavy (non-hydrogen) atoms. The van der Waals surface area contributed by atoms with Gasteiger partial charge >= 0.3 is 0 Å². The smallest absolute Gasteiger partial charge is 0.120 e. The van der Waals surface area contributed by atoms with Crippen LogP contribution in [0.5, 0.6) is 23.0 Å². The van der Waals surface area contributed by atoms with Crippen molar-refractivity contribution in [3.63, 3.8) is 0 Å². The third kappa shape index (κ3) is 17.7. The van der Waals surface area contributed by atoms with E-state index in [1.807, 2.05) is 0 Å². The molecule has 8 aliphatic rings. The van der Waals surface area contributed by atoms with Gasteiger partial charge < -0.3 is 29.2 Å². The molecule has 0 bridgehead atoms. The Morgan fingerprint density at radius 2 is 0.530 bits per heavy atom. The fourth-order valence-electron chi connectivity index (χ4n) is 17.1. The average Bonchev–Trinajstić information content (AvgIpc) is 1.36. The van der Waals surface area contributed by atoms with Crippen LogP contribution in [0.15, 0.2) is 170 Å². The van der Waals surface area contributed by atoms with Gasteiger partial charge in [-0.05, 0) is 286 Å². The van der Waals surface area contributed by atoms with E-state index >= 15 is 0 Å². The number of halogens is 2. The molecule has 2 N–H and O–H groups in total. The van der Waals surface area contributed by atoms with Crippen molar-refractivity contribution in [1.29, 1.82) is 0 Å². The minimum absolute atomic E-state index is 0.102. The highest BCUT2D eigenvalue weighted by atomic mass is 35.5. The Balaban J connectivity index is 0.000000119. The van der Waals surface area contributed by atoms with Crippen LogP contribution < -0.4 is 18.9 Å². The number of aliphatic hydroxyl groups is 2. The SMILES string of the molecule is CC1(C)CCC[C@@H]1c1cc(CCl)ccc1-c1cccc(OC2CC2)c1.CC1(C)CCC[C@@H]1c1cc(CO)ccc1-c1cccc(OC2CC2)c1.CC1(C)CCC[C@H]1c1cc(CCl)ccc1-c1cccc(OC2CC2)c1.CC1(C)CCC[C@H]1c1cc(CO)ccc1-c1cccc(OC2CC2)c1. The number of alkyl halides is 2. The molecule has 0 spiro atoms. The van der Waals surface area contributed by atoms with Crippen molar-refractivity contribution in [1.82, 2.24) is 0 Å². The minimum atomic E-state index is 0.102. The molecule has 6 nitrogen and oxygen atoms in total. The summed E-state index contributed by atoms with van der Waals surface area (Å²) in [5, 5.41) is 19.3. The van der Waals surface area contributed by atoms with Gasteiger partial charge in [0, 0.05) is 11.8 Å². The first-order chi connectivity index (χ1) is 48.3. The zero-order valence-corrected chi connectivity index (χ0v) is 62.6. The summed E-state index contributed by atoms with van der Waals surface area (Å²) in [5.41, 5.74) is 21.7. The molecule has 8 aromatic carbocycles. The zero-order chi connectivity index (χ0) is 69.8. The highest BCUT2D eigenvalue weighted by Crippen LogP contribution is 2.56. The van der Waals surface area contributed by atoms with Gasteiger partial charge in [-0.25, -0.2) is 0 Å². The summed E-state index contributed by atoms with van der Waals surface area (Å²) in [6.07, 6.45) is 26.5. The van der Waals surface area contributed by atoms with E-state index in [0.29, 0.717) is 81.5 Å². The molecule has 0 aliphatic heterocycles. The maximum Gasteiger partial charge on any atom is 0.120 e. The largest absolute Gasteiger partial charge is 0.490 e. The Labute approximate surface area is 609 Å². The van der Waals surface area contributed by atoms with Crippen LogP contribution in [0.4, 0.5) is 0 Å². The Morgan fingerprint density at radius 3 is 0.730 bits per heavy atom. The van der Waals surface area contributed by atoms with E-state index in [0.717, 1.165) is 34.1 Å². The summed E-state index contributed by atoms with van der Waals surface area (Å²) in [5.74, 6) is 7.37. The van der Waals surface area contributed by atoms with E-state index in [2.05, 4.69) is 225 Å². The lowest BCUT2D eigenvalue weighted by Gasteiger charge is -2.29. The second-order valence-electron chi connectivity index (χ2n) is 33.4. The molecule has 528 valence electrons. The van der Waals surface area contributed by atoms with Crippen molar-refractivity contribution in [2.45, 2.75) is 257 Å². The Bertz CT molecular complexity index is 3560. The Kier molecular flexibility index (Phi) is 22.4. The van der Waals surface area contributed by atoms with E-state index in [4.69, 9.17) is 42.1 Å². The van der Waals surface area contributed by atoms with Crippen molar-refractivity contribution < 1.29 is 29.2 Å². The number of hydrogen-bond acceptors (Lipinski definition) is 6.